The van der Waals surface area contributed by atoms with E-state index in [4.69, 9.17) is 4.74 Å². The van der Waals surface area contributed by atoms with Gasteiger partial charge in [-0.1, -0.05) is 60.7 Å². The maximum atomic E-state index is 14.6. The summed E-state index contributed by atoms with van der Waals surface area (Å²) < 4.78 is 8.97. The molecule has 8 rings (SSSR count). The third-order valence-corrected chi connectivity index (χ3v) is 9.96. The fourth-order valence-electron chi connectivity index (χ4n) is 7.13. The Morgan fingerprint density at radius 1 is 0.808 bits per heavy atom. The number of carbonyl (C=O) groups is 3. The smallest absolute Gasteiger partial charge is 0.415 e. The maximum absolute atomic E-state index is 14.6. The van der Waals surface area contributed by atoms with Crippen LogP contribution in [0.1, 0.15) is 44.3 Å². The van der Waals surface area contributed by atoms with Crippen LogP contribution in [0.15, 0.2) is 134 Å². The molecule has 0 aliphatic carbocycles. The lowest BCUT2D eigenvalue weighted by Crippen LogP contribution is -2.42. The number of anilines is 1. The van der Waals surface area contributed by atoms with E-state index in [1.807, 2.05) is 119 Å². The summed E-state index contributed by atoms with van der Waals surface area (Å²) in [5, 5.41) is 11.1. The van der Waals surface area contributed by atoms with Crippen LogP contribution >= 0.6 is 0 Å². The molecule has 4 aromatic carbocycles. The monoisotopic (exact) mass is 688 g/mol. The Morgan fingerprint density at radius 2 is 1.50 bits per heavy atom. The van der Waals surface area contributed by atoms with E-state index < -0.39 is 6.09 Å². The number of ether oxygens (including phenoxy) is 1. The summed E-state index contributed by atoms with van der Waals surface area (Å²) in [6.45, 7) is 2.95. The van der Waals surface area contributed by atoms with E-state index in [0.717, 1.165) is 22.1 Å². The Hall–Kier alpha value is -6.61. The summed E-state index contributed by atoms with van der Waals surface area (Å²) >= 11 is 0. The first-order valence-corrected chi connectivity index (χ1v) is 17.2. The van der Waals surface area contributed by atoms with Gasteiger partial charge in [-0.25, -0.2) is 4.79 Å². The van der Waals surface area contributed by atoms with Crippen LogP contribution in [-0.4, -0.2) is 50.0 Å². The lowest BCUT2D eigenvalue weighted by molar-refractivity contribution is 0.0659. The van der Waals surface area contributed by atoms with E-state index >= 15 is 0 Å². The second-order valence-corrected chi connectivity index (χ2v) is 13.3. The number of carbonyl (C=O) groups excluding carboxylic acids is 2. The van der Waals surface area contributed by atoms with E-state index in [-0.39, 0.29) is 17.9 Å². The molecule has 0 fully saturated rings. The highest BCUT2D eigenvalue weighted by Crippen LogP contribution is 2.36. The quantitative estimate of drug-likeness (QED) is 0.181. The molecule has 1 N–H and O–H groups in total. The molecule has 1 atom stereocenters. The SMILES string of the molecule is C[C@@H]1Cc2ccccc2CN1C(=O)c1cc2cn(C(=O)O)cc2cc1-c1cc(C(=O)N(C)c2ccc(OCc3ccccc3)cc2)c2ccccn12. The van der Waals surface area contributed by atoms with E-state index in [9.17, 15) is 19.5 Å². The normalized spacial score (nSPS) is 14.0. The molecule has 0 unspecified atom stereocenters. The maximum Gasteiger partial charge on any atom is 0.415 e. The molecular weight excluding hydrogens is 652 g/mol. The number of amides is 2. The number of hydrogen-bond acceptors (Lipinski definition) is 4. The predicted octanol–water partition coefficient (Wildman–Crippen LogP) is 8.53. The highest BCUT2D eigenvalue weighted by molar-refractivity contribution is 6.12. The van der Waals surface area contributed by atoms with Crippen LogP contribution in [-0.2, 0) is 19.6 Å². The summed E-state index contributed by atoms with van der Waals surface area (Å²) in [4.78, 5) is 44.3. The van der Waals surface area contributed by atoms with Crippen molar-refractivity contribution in [3.63, 3.8) is 0 Å². The third-order valence-electron chi connectivity index (χ3n) is 9.96. The van der Waals surface area contributed by atoms with Gasteiger partial charge >= 0.3 is 6.09 Å². The van der Waals surface area contributed by atoms with Crippen LogP contribution in [0.25, 0.3) is 27.5 Å². The molecular formula is C43H36N4O5. The minimum atomic E-state index is -1.12. The molecule has 0 saturated carbocycles. The Bertz CT molecular complexity index is 2480. The van der Waals surface area contributed by atoms with Crippen molar-refractivity contribution in [2.75, 3.05) is 11.9 Å². The highest BCUT2D eigenvalue weighted by atomic mass is 16.5. The zero-order chi connectivity index (χ0) is 35.9. The minimum Gasteiger partial charge on any atom is -0.489 e. The van der Waals surface area contributed by atoms with E-state index in [1.54, 1.807) is 18.0 Å². The average Bonchev–Trinajstić information content (AvgIpc) is 3.78. The van der Waals surface area contributed by atoms with Crippen molar-refractivity contribution in [2.24, 2.45) is 0 Å². The first-order valence-electron chi connectivity index (χ1n) is 17.2. The summed E-state index contributed by atoms with van der Waals surface area (Å²) in [5.74, 6) is 0.313. The number of pyridine rings is 1. The van der Waals surface area contributed by atoms with Gasteiger partial charge in [-0.3, -0.25) is 14.2 Å². The van der Waals surface area contributed by atoms with Crippen molar-refractivity contribution in [1.29, 1.82) is 0 Å². The predicted molar refractivity (Wildman–Crippen MR) is 201 cm³/mol. The molecule has 0 bridgehead atoms. The van der Waals surface area contributed by atoms with Gasteiger partial charge in [0.15, 0.2) is 0 Å². The Balaban J connectivity index is 1.17. The summed E-state index contributed by atoms with van der Waals surface area (Å²) in [5.41, 5.74) is 6.92. The van der Waals surface area contributed by atoms with Crippen LogP contribution in [0, 0.1) is 0 Å². The lowest BCUT2D eigenvalue weighted by atomic mass is 9.93. The first-order chi connectivity index (χ1) is 25.2. The largest absolute Gasteiger partial charge is 0.489 e. The topological polar surface area (TPSA) is 96.5 Å². The molecule has 52 heavy (non-hydrogen) atoms. The molecule has 0 spiro atoms. The molecule has 1 aliphatic rings. The fraction of sp³-hybridized carbons (Fsp3) is 0.140. The summed E-state index contributed by atoms with van der Waals surface area (Å²) in [7, 11) is 1.74. The van der Waals surface area contributed by atoms with E-state index in [2.05, 4.69) is 12.1 Å². The van der Waals surface area contributed by atoms with Crippen LogP contribution in [0.4, 0.5) is 10.5 Å². The van der Waals surface area contributed by atoms with Crippen LogP contribution in [0.5, 0.6) is 5.75 Å². The number of fused-ring (bicyclic) bond motifs is 3. The van der Waals surface area contributed by atoms with Crippen molar-refractivity contribution in [1.82, 2.24) is 13.9 Å². The third kappa shape index (κ3) is 5.96. The molecule has 9 heteroatoms. The van der Waals surface area contributed by atoms with Crippen molar-refractivity contribution in [2.45, 2.75) is 32.5 Å². The number of benzene rings is 4. The van der Waals surface area contributed by atoms with Crippen molar-refractivity contribution < 1.29 is 24.2 Å². The average molecular weight is 689 g/mol. The van der Waals surface area contributed by atoms with Crippen molar-refractivity contribution >= 4 is 39.9 Å². The van der Waals surface area contributed by atoms with Gasteiger partial charge in [0.25, 0.3) is 11.8 Å². The molecule has 2 amide bonds. The molecule has 9 nitrogen and oxygen atoms in total. The molecule has 3 aromatic heterocycles. The van der Waals surface area contributed by atoms with Gasteiger partial charge in [-0.05, 0) is 84.6 Å². The molecule has 0 saturated heterocycles. The van der Waals surface area contributed by atoms with Gasteiger partial charge in [-0.2, -0.15) is 0 Å². The molecule has 4 heterocycles. The zero-order valence-corrected chi connectivity index (χ0v) is 28.8. The van der Waals surface area contributed by atoms with Gasteiger partial charge in [-0.15, -0.1) is 0 Å². The van der Waals surface area contributed by atoms with Gasteiger partial charge in [0.2, 0.25) is 0 Å². The van der Waals surface area contributed by atoms with E-state index in [0.29, 0.717) is 63.3 Å². The fourth-order valence-corrected chi connectivity index (χ4v) is 7.13. The minimum absolute atomic E-state index is 0.0560. The first kappa shape index (κ1) is 32.6. The lowest BCUT2D eigenvalue weighted by Gasteiger charge is -2.35. The summed E-state index contributed by atoms with van der Waals surface area (Å²) in [6, 6.07) is 36.5. The Morgan fingerprint density at radius 3 is 2.25 bits per heavy atom. The number of hydrogen-bond donors (Lipinski definition) is 1. The number of nitrogens with zero attached hydrogens (tertiary/aromatic N) is 4. The number of rotatable bonds is 7. The van der Waals surface area contributed by atoms with Gasteiger partial charge in [0.05, 0.1) is 16.8 Å². The Kier molecular flexibility index (Phi) is 8.31. The second kappa shape index (κ2) is 13.3. The van der Waals surface area contributed by atoms with Gasteiger partial charge in [0.1, 0.15) is 12.4 Å². The van der Waals surface area contributed by atoms with Gasteiger partial charge in [0, 0.05) is 65.8 Å². The molecule has 258 valence electrons. The number of aromatic nitrogens is 2. The van der Waals surface area contributed by atoms with Crippen molar-refractivity contribution in [3.05, 3.63) is 162 Å². The molecule has 1 aliphatic heterocycles. The van der Waals surface area contributed by atoms with E-state index in [1.165, 1.54) is 18.0 Å². The van der Waals surface area contributed by atoms with Crippen LogP contribution in [0.3, 0.4) is 0 Å². The summed E-state index contributed by atoms with van der Waals surface area (Å²) in [6.07, 6.45) is 4.55. The van der Waals surface area contributed by atoms with Crippen molar-refractivity contribution in [3.8, 4) is 17.0 Å². The van der Waals surface area contributed by atoms with Crippen LogP contribution in [0.2, 0.25) is 0 Å². The highest BCUT2D eigenvalue weighted by Gasteiger charge is 2.31. The molecule has 7 aromatic rings. The standard InChI is InChI=1S/C43H36N4O5/c1-28-20-30-12-6-7-13-31(30)26-47(28)42(49)37-22-33-25-45(43(50)51)24-32(33)21-36(37)40-23-38(39-14-8-9-19-46(39)40)41(48)44(2)34-15-17-35(18-16-34)52-27-29-10-4-3-5-11-29/h3-19,21-25,28H,20,26-27H2,1-2H3,(H,50,51)/t28-/m1/s1. The number of carboxylic acid groups (broad SMARTS) is 1. The van der Waals surface area contributed by atoms with Gasteiger partial charge < -0.3 is 24.0 Å². The zero-order valence-electron chi connectivity index (χ0n) is 28.8. The van der Waals surface area contributed by atoms with Crippen LogP contribution < -0.4 is 9.64 Å². The molecule has 0 radical (unpaired) electrons. The Labute approximate surface area is 300 Å². The second-order valence-electron chi connectivity index (χ2n) is 13.3.